The van der Waals surface area contributed by atoms with Gasteiger partial charge in [0.05, 0.1) is 0 Å². The molecule has 40 heavy (non-hydrogen) atoms. The van der Waals surface area contributed by atoms with Crippen LogP contribution in [-0.2, 0) is 12.8 Å². The van der Waals surface area contributed by atoms with Crippen molar-refractivity contribution >= 4 is 11.4 Å². The third-order valence-electron chi connectivity index (χ3n) is 7.22. The predicted octanol–water partition coefficient (Wildman–Crippen LogP) is 9.13. The Kier molecular flexibility index (Phi) is 8.36. The van der Waals surface area contributed by atoms with Crippen LogP contribution in [0, 0.1) is 0 Å². The van der Waals surface area contributed by atoms with Crippen LogP contribution in [-0.4, -0.2) is 0 Å². The Balaban J connectivity index is 1.21. The van der Waals surface area contributed by atoms with Gasteiger partial charge < -0.3 is 20.9 Å². The van der Waals surface area contributed by atoms with Gasteiger partial charge in [-0.2, -0.15) is 0 Å². The monoisotopic (exact) mass is 528 g/mol. The predicted molar refractivity (Wildman–Crippen MR) is 165 cm³/mol. The summed E-state index contributed by atoms with van der Waals surface area (Å²) >= 11 is 0. The Morgan fingerprint density at radius 3 is 1.07 bits per heavy atom. The van der Waals surface area contributed by atoms with Gasteiger partial charge in [0.1, 0.15) is 23.0 Å². The van der Waals surface area contributed by atoms with Gasteiger partial charge in [0.2, 0.25) is 0 Å². The number of hydrogen-bond donors (Lipinski definition) is 2. The average Bonchev–Trinajstić information content (AvgIpc) is 2.97. The van der Waals surface area contributed by atoms with E-state index in [1.165, 1.54) is 22.3 Å². The molecule has 0 saturated carbocycles. The number of rotatable bonds is 10. The van der Waals surface area contributed by atoms with Crippen LogP contribution < -0.4 is 20.9 Å². The lowest BCUT2D eigenvalue weighted by Crippen LogP contribution is -2.07. The molecule has 5 rings (SSSR count). The zero-order chi connectivity index (χ0) is 27.9. The topological polar surface area (TPSA) is 70.5 Å². The molecule has 2 atom stereocenters. The number of anilines is 2. The van der Waals surface area contributed by atoms with E-state index in [4.69, 9.17) is 20.9 Å². The molecule has 5 aromatic rings. The van der Waals surface area contributed by atoms with Crippen LogP contribution >= 0.6 is 0 Å². The van der Waals surface area contributed by atoms with Crippen molar-refractivity contribution in [3.8, 4) is 23.0 Å². The van der Waals surface area contributed by atoms with E-state index in [0.29, 0.717) is 11.8 Å². The number of nitrogens with two attached hydrogens (primary N) is 2. The van der Waals surface area contributed by atoms with Gasteiger partial charge in [-0.1, -0.05) is 62.4 Å². The van der Waals surface area contributed by atoms with E-state index in [-0.39, 0.29) is 0 Å². The van der Waals surface area contributed by atoms with Crippen LogP contribution in [0.2, 0.25) is 0 Å². The van der Waals surface area contributed by atoms with Crippen molar-refractivity contribution in [1.82, 2.24) is 0 Å². The van der Waals surface area contributed by atoms with Gasteiger partial charge in [-0.3, -0.25) is 0 Å². The molecule has 0 aliphatic carbocycles. The van der Waals surface area contributed by atoms with E-state index in [1.54, 1.807) is 0 Å². The molecule has 0 aliphatic rings. The lowest BCUT2D eigenvalue weighted by atomic mass is 9.84. The molecule has 4 nitrogen and oxygen atoms in total. The third kappa shape index (κ3) is 7.03. The average molecular weight is 529 g/mol. The molecule has 2 unspecified atom stereocenters. The first-order valence-corrected chi connectivity index (χ1v) is 13.8. The van der Waals surface area contributed by atoms with Crippen molar-refractivity contribution in [3.63, 3.8) is 0 Å². The number of nitrogen functional groups attached to an aromatic ring is 2. The second-order valence-electron chi connectivity index (χ2n) is 10.5. The van der Waals surface area contributed by atoms with E-state index in [0.717, 1.165) is 47.2 Å². The lowest BCUT2D eigenvalue weighted by Gasteiger charge is -2.21. The Labute approximate surface area is 237 Å². The van der Waals surface area contributed by atoms with E-state index >= 15 is 0 Å². The molecular formula is C36H36N2O2. The standard InChI is InChI=1S/C36H36N2O2/c1-25(23-27-7-15-31(16-8-27)39-33-19-11-29(37)12-20-33)35-5-3-4-6-36(35)26(2)24-28-9-17-32(18-10-28)40-34-21-13-30(38)14-22-34/h3-22,25-26H,23-24,37-38H2,1-2H3. The van der Waals surface area contributed by atoms with Crippen LogP contribution in [0.3, 0.4) is 0 Å². The van der Waals surface area contributed by atoms with Gasteiger partial charge in [-0.05, 0) is 120 Å². The van der Waals surface area contributed by atoms with Gasteiger partial charge in [-0.15, -0.1) is 0 Å². The summed E-state index contributed by atoms with van der Waals surface area (Å²) in [5.41, 5.74) is 18.4. The minimum atomic E-state index is 0.387. The van der Waals surface area contributed by atoms with Crippen molar-refractivity contribution in [3.05, 3.63) is 144 Å². The highest BCUT2D eigenvalue weighted by Crippen LogP contribution is 2.32. The third-order valence-corrected chi connectivity index (χ3v) is 7.22. The first kappa shape index (κ1) is 26.9. The first-order chi connectivity index (χ1) is 19.4. The maximum Gasteiger partial charge on any atom is 0.127 e. The molecule has 0 spiro atoms. The van der Waals surface area contributed by atoms with Crippen molar-refractivity contribution in [1.29, 1.82) is 0 Å². The largest absolute Gasteiger partial charge is 0.457 e. The molecule has 0 saturated heterocycles. The van der Waals surface area contributed by atoms with E-state index in [1.807, 2.05) is 72.8 Å². The molecule has 5 aromatic carbocycles. The quantitative estimate of drug-likeness (QED) is 0.177. The van der Waals surface area contributed by atoms with Crippen molar-refractivity contribution in [2.45, 2.75) is 38.5 Å². The van der Waals surface area contributed by atoms with Crippen molar-refractivity contribution in [2.75, 3.05) is 11.5 Å². The molecule has 0 bridgehead atoms. The maximum absolute atomic E-state index is 5.96. The summed E-state index contributed by atoms with van der Waals surface area (Å²) in [5, 5.41) is 0. The van der Waals surface area contributed by atoms with Gasteiger partial charge in [0.25, 0.3) is 0 Å². The first-order valence-electron chi connectivity index (χ1n) is 13.8. The van der Waals surface area contributed by atoms with Crippen molar-refractivity contribution < 1.29 is 9.47 Å². The fraction of sp³-hybridized carbons (Fsp3) is 0.167. The second kappa shape index (κ2) is 12.4. The normalized spacial score (nSPS) is 12.4. The maximum atomic E-state index is 5.96. The van der Waals surface area contributed by atoms with Gasteiger partial charge >= 0.3 is 0 Å². The van der Waals surface area contributed by atoms with E-state index in [2.05, 4.69) is 62.4 Å². The van der Waals surface area contributed by atoms with Crippen LogP contribution in [0.1, 0.15) is 47.9 Å². The number of hydrogen-bond acceptors (Lipinski definition) is 4. The molecular weight excluding hydrogens is 492 g/mol. The SMILES string of the molecule is CC(Cc1ccc(Oc2ccc(N)cc2)cc1)c1ccccc1C(C)Cc1ccc(Oc2ccc(N)cc2)cc1. The van der Waals surface area contributed by atoms with Gasteiger partial charge in [0.15, 0.2) is 0 Å². The fourth-order valence-electron chi connectivity index (χ4n) is 5.07. The molecule has 0 aliphatic heterocycles. The summed E-state index contributed by atoms with van der Waals surface area (Å²) in [4.78, 5) is 0. The highest BCUT2D eigenvalue weighted by atomic mass is 16.5. The molecule has 202 valence electrons. The highest BCUT2D eigenvalue weighted by molar-refractivity contribution is 5.45. The van der Waals surface area contributed by atoms with Crippen LogP contribution in [0.5, 0.6) is 23.0 Å². The van der Waals surface area contributed by atoms with E-state index < -0.39 is 0 Å². The summed E-state index contributed by atoms with van der Waals surface area (Å²) in [6, 6.07) is 40.5. The Hall–Kier alpha value is -4.70. The van der Waals surface area contributed by atoms with Gasteiger partial charge in [0, 0.05) is 11.4 Å². The van der Waals surface area contributed by atoms with E-state index in [9.17, 15) is 0 Å². The molecule has 4 heteroatoms. The molecule has 4 N–H and O–H groups in total. The summed E-state index contributed by atoms with van der Waals surface area (Å²) in [5.74, 6) is 3.97. The van der Waals surface area contributed by atoms with Gasteiger partial charge in [-0.25, -0.2) is 0 Å². The second-order valence-corrected chi connectivity index (χ2v) is 10.5. The minimum absolute atomic E-state index is 0.387. The summed E-state index contributed by atoms with van der Waals surface area (Å²) in [6.07, 6.45) is 1.92. The molecule has 0 radical (unpaired) electrons. The summed E-state index contributed by atoms with van der Waals surface area (Å²) in [6.45, 7) is 4.63. The smallest absolute Gasteiger partial charge is 0.127 e. The molecule has 0 aromatic heterocycles. The molecule has 0 fully saturated rings. The fourth-order valence-corrected chi connectivity index (χ4v) is 5.07. The lowest BCUT2D eigenvalue weighted by molar-refractivity contribution is 0.482. The zero-order valence-corrected chi connectivity index (χ0v) is 23.1. The summed E-state index contributed by atoms with van der Waals surface area (Å²) in [7, 11) is 0. The number of benzene rings is 5. The molecule has 0 amide bonds. The number of ether oxygens (including phenoxy) is 2. The summed E-state index contributed by atoms with van der Waals surface area (Å²) < 4.78 is 11.9. The van der Waals surface area contributed by atoms with Crippen LogP contribution in [0.25, 0.3) is 0 Å². The van der Waals surface area contributed by atoms with Crippen LogP contribution in [0.4, 0.5) is 11.4 Å². The highest BCUT2D eigenvalue weighted by Gasteiger charge is 2.16. The Bertz CT molecular complexity index is 1390. The Morgan fingerprint density at radius 2 is 0.750 bits per heavy atom. The zero-order valence-electron chi connectivity index (χ0n) is 23.1. The Morgan fingerprint density at radius 1 is 0.450 bits per heavy atom. The van der Waals surface area contributed by atoms with Crippen LogP contribution in [0.15, 0.2) is 121 Å². The van der Waals surface area contributed by atoms with Crippen molar-refractivity contribution in [2.24, 2.45) is 0 Å². The molecule has 0 heterocycles. The minimum Gasteiger partial charge on any atom is -0.457 e.